The van der Waals surface area contributed by atoms with E-state index in [2.05, 4.69) is 34.9 Å². The van der Waals surface area contributed by atoms with Gasteiger partial charge in [-0.15, -0.1) is 11.3 Å². The summed E-state index contributed by atoms with van der Waals surface area (Å²) in [6, 6.07) is 4.67. The second-order valence-electron chi connectivity index (χ2n) is 3.99. The molecule has 90 valence electrons. The van der Waals surface area contributed by atoms with Gasteiger partial charge in [-0.05, 0) is 32.2 Å². The van der Waals surface area contributed by atoms with Gasteiger partial charge in [0.2, 0.25) is 5.96 Å². The summed E-state index contributed by atoms with van der Waals surface area (Å²) < 4.78 is 0. The molecule has 16 heavy (non-hydrogen) atoms. The zero-order chi connectivity index (χ0) is 12.1. The van der Waals surface area contributed by atoms with Crippen LogP contribution >= 0.6 is 11.3 Å². The number of nitrogens with two attached hydrogens (primary N) is 1. The van der Waals surface area contributed by atoms with Crippen LogP contribution in [0.3, 0.4) is 0 Å². The maximum absolute atomic E-state index is 5.49. The number of aliphatic imine (C=N–C) groups is 1. The SMILES string of the molecule is CC(C)N=C(NN)N(C)C(C)c1cccs1. The van der Waals surface area contributed by atoms with E-state index >= 15 is 0 Å². The Kier molecular flexibility index (Phi) is 4.76. The fourth-order valence-corrected chi connectivity index (χ4v) is 2.20. The van der Waals surface area contributed by atoms with Crippen LogP contribution in [0.2, 0.25) is 0 Å². The summed E-state index contributed by atoms with van der Waals surface area (Å²) >= 11 is 1.74. The first kappa shape index (κ1) is 13.0. The van der Waals surface area contributed by atoms with Crippen molar-refractivity contribution in [2.75, 3.05) is 7.05 Å². The van der Waals surface area contributed by atoms with E-state index in [9.17, 15) is 0 Å². The molecule has 1 aromatic rings. The van der Waals surface area contributed by atoms with Crippen molar-refractivity contribution < 1.29 is 0 Å². The van der Waals surface area contributed by atoms with E-state index < -0.39 is 0 Å². The van der Waals surface area contributed by atoms with Gasteiger partial charge >= 0.3 is 0 Å². The topological polar surface area (TPSA) is 53.6 Å². The first-order valence-corrected chi connectivity index (χ1v) is 6.25. The third-order valence-corrected chi connectivity index (χ3v) is 3.42. The molecule has 0 saturated heterocycles. The number of hydrogen-bond donors (Lipinski definition) is 2. The zero-order valence-electron chi connectivity index (χ0n) is 10.3. The summed E-state index contributed by atoms with van der Waals surface area (Å²) in [4.78, 5) is 7.79. The quantitative estimate of drug-likeness (QED) is 0.367. The lowest BCUT2D eigenvalue weighted by molar-refractivity contribution is 0.390. The lowest BCUT2D eigenvalue weighted by Crippen LogP contribution is -2.44. The molecule has 1 heterocycles. The molecule has 3 N–H and O–H groups in total. The molecule has 1 atom stereocenters. The molecule has 1 rings (SSSR count). The van der Waals surface area contributed by atoms with Crippen molar-refractivity contribution in [1.82, 2.24) is 10.3 Å². The van der Waals surface area contributed by atoms with E-state index in [1.54, 1.807) is 11.3 Å². The minimum atomic E-state index is 0.226. The van der Waals surface area contributed by atoms with Crippen LogP contribution in [0.15, 0.2) is 22.5 Å². The molecule has 0 amide bonds. The number of rotatable bonds is 3. The van der Waals surface area contributed by atoms with Gasteiger partial charge in [-0.1, -0.05) is 6.07 Å². The molecule has 0 bridgehead atoms. The van der Waals surface area contributed by atoms with E-state index in [-0.39, 0.29) is 12.1 Å². The van der Waals surface area contributed by atoms with Crippen molar-refractivity contribution in [3.63, 3.8) is 0 Å². The monoisotopic (exact) mass is 240 g/mol. The van der Waals surface area contributed by atoms with Crippen LogP contribution < -0.4 is 11.3 Å². The largest absolute Gasteiger partial charge is 0.337 e. The lowest BCUT2D eigenvalue weighted by Gasteiger charge is -2.27. The molecule has 0 fully saturated rings. The van der Waals surface area contributed by atoms with Crippen LogP contribution in [0.4, 0.5) is 0 Å². The first-order chi connectivity index (χ1) is 7.56. The Balaban J connectivity index is 2.79. The van der Waals surface area contributed by atoms with E-state index in [4.69, 9.17) is 5.84 Å². The minimum absolute atomic E-state index is 0.226. The summed E-state index contributed by atoms with van der Waals surface area (Å²) in [5, 5.41) is 2.08. The molecule has 0 aliphatic carbocycles. The smallest absolute Gasteiger partial charge is 0.208 e. The highest BCUT2D eigenvalue weighted by Crippen LogP contribution is 2.23. The average Bonchev–Trinajstić information content (AvgIpc) is 2.76. The molecule has 1 unspecified atom stereocenters. The van der Waals surface area contributed by atoms with Crippen LogP contribution in [-0.2, 0) is 0 Å². The van der Waals surface area contributed by atoms with E-state index in [1.807, 2.05) is 25.8 Å². The molecular weight excluding hydrogens is 220 g/mol. The zero-order valence-corrected chi connectivity index (χ0v) is 11.1. The number of guanidine groups is 1. The Labute approximate surface area is 101 Å². The van der Waals surface area contributed by atoms with Gasteiger partial charge in [0, 0.05) is 18.0 Å². The van der Waals surface area contributed by atoms with Crippen LogP contribution in [0.25, 0.3) is 0 Å². The predicted octanol–water partition coefficient (Wildman–Crippen LogP) is 1.97. The highest BCUT2D eigenvalue weighted by Gasteiger charge is 2.15. The van der Waals surface area contributed by atoms with Gasteiger partial charge < -0.3 is 4.90 Å². The molecule has 0 spiro atoms. The Morgan fingerprint density at radius 3 is 2.62 bits per heavy atom. The highest BCUT2D eigenvalue weighted by molar-refractivity contribution is 7.10. The van der Waals surface area contributed by atoms with Crippen molar-refractivity contribution in [2.24, 2.45) is 10.8 Å². The second-order valence-corrected chi connectivity index (χ2v) is 4.97. The van der Waals surface area contributed by atoms with Crippen LogP contribution in [-0.4, -0.2) is 23.9 Å². The van der Waals surface area contributed by atoms with Gasteiger partial charge in [0.05, 0.1) is 6.04 Å². The number of hydrazine groups is 1. The molecule has 0 saturated carbocycles. The molecule has 0 radical (unpaired) electrons. The molecule has 0 aliphatic rings. The summed E-state index contributed by atoms with van der Waals surface area (Å²) in [6.07, 6.45) is 0. The van der Waals surface area contributed by atoms with Gasteiger partial charge in [-0.25, -0.2) is 10.8 Å². The summed E-state index contributed by atoms with van der Waals surface area (Å²) in [7, 11) is 1.99. The van der Waals surface area contributed by atoms with Crippen LogP contribution in [0.5, 0.6) is 0 Å². The number of nitrogens with one attached hydrogen (secondary N) is 1. The van der Waals surface area contributed by atoms with Crippen molar-refractivity contribution >= 4 is 17.3 Å². The standard InChI is InChI=1S/C11H20N4S/c1-8(2)13-11(14-12)15(4)9(3)10-6-5-7-16-10/h5-9H,12H2,1-4H3,(H,13,14). The Morgan fingerprint density at radius 1 is 1.50 bits per heavy atom. The Morgan fingerprint density at radius 2 is 2.19 bits per heavy atom. The molecule has 1 aromatic heterocycles. The van der Waals surface area contributed by atoms with E-state index in [0.717, 1.165) is 5.96 Å². The number of nitrogens with zero attached hydrogens (tertiary/aromatic N) is 2. The number of hydrogen-bond acceptors (Lipinski definition) is 3. The van der Waals surface area contributed by atoms with E-state index in [1.165, 1.54) is 4.88 Å². The average molecular weight is 240 g/mol. The van der Waals surface area contributed by atoms with Crippen molar-refractivity contribution in [3.8, 4) is 0 Å². The Bertz CT molecular complexity index is 332. The van der Waals surface area contributed by atoms with Crippen LogP contribution in [0.1, 0.15) is 31.7 Å². The van der Waals surface area contributed by atoms with Crippen molar-refractivity contribution in [2.45, 2.75) is 32.9 Å². The second kappa shape index (κ2) is 5.86. The van der Waals surface area contributed by atoms with Crippen molar-refractivity contribution in [1.29, 1.82) is 0 Å². The summed E-state index contributed by atoms with van der Waals surface area (Å²) in [5.41, 5.74) is 2.66. The molecule has 4 nitrogen and oxygen atoms in total. The Hall–Kier alpha value is -1.07. The lowest BCUT2D eigenvalue weighted by atomic mass is 10.2. The molecule has 0 aliphatic heterocycles. The fraction of sp³-hybridized carbons (Fsp3) is 0.545. The molecule has 0 aromatic carbocycles. The number of thiophene rings is 1. The third-order valence-electron chi connectivity index (χ3n) is 2.38. The van der Waals surface area contributed by atoms with Gasteiger partial charge in [0.15, 0.2) is 0 Å². The predicted molar refractivity (Wildman–Crippen MR) is 70.4 cm³/mol. The van der Waals surface area contributed by atoms with Crippen molar-refractivity contribution in [3.05, 3.63) is 22.4 Å². The van der Waals surface area contributed by atoms with Gasteiger partial charge in [0.25, 0.3) is 0 Å². The minimum Gasteiger partial charge on any atom is -0.337 e. The van der Waals surface area contributed by atoms with Gasteiger partial charge in [-0.3, -0.25) is 5.43 Å². The summed E-state index contributed by atoms with van der Waals surface area (Å²) in [5.74, 6) is 6.21. The fourth-order valence-electron chi connectivity index (χ4n) is 1.38. The van der Waals surface area contributed by atoms with E-state index in [0.29, 0.717) is 0 Å². The van der Waals surface area contributed by atoms with Crippen LogP contribution in [0, 0.1) is 0 Å². The first-order valence-electron chi connectivity index (χ1n) is 5.37. The van der Waals surface area contributed by atoms with Gasteiger partial charge in [0.1, 0.15) is 0 Å². The maximum atomic E-state index is 5.49. The maximum Gasteiger partial charge on any atom is 0.208 e. The summed E-state index contributed by atoms with van der Waals surface area (Å²) in [6.45, 7) is 6.20. The van der Waals surface area contributed by atoms with Gasteiger partial charge in [-0.2, -0.15) is 0 Å². The molecular formula is C11H20N4S. The third kappa shape index (κ3) is 3.21. The normalized spacial score (nSPS) is 14.0. The highest BCUT2D eigenvalue weighted by atomic mass is 32.1. The molecule has 5 heteroatoms.